The molecule has 0 radical (unpaired) electrons. The third-order valence-corrected chi connectivity index (χ3v) is 6.73. The second-order valence-corrected chi connectivity index (χ2v) is 9.34. The number of nitrogens with zero attached hydrogens (tertiary/aromatic N) is 3. The maximum absolute atomic E-state index is 13.2. The maximum atomic E-state index is 13.2. The molecule has 8 heteroatoms. The molecule has 2 aliphatic rings. The van der Waals surface area contributed by atoms with Gasteiger partial charge < -0.3 is 19.4 Å². The lowest BCUT2D eigenvalue weighted by Gasteiger charge is -2.39. The number of piperazine rings is 1. The number of hydrogen-bond donors (Lipinski definition) is 0. The van der Waals surface area contributed by atoms with Crippen LogP contribution < -0.4 is 4.74 Å². The van der Waals surface area contributed by atoms with Crippen LogP contribution in [0.2, 0.25) is 5.02 Å². The van der Waals surface area contributed by atoms with Gasteiger partial charge in [-0.2, -0.15) is 0 Å². The van der Waals surface area contributed by atoms with Crippen molar-refractivity contribution in [1.82, 2.24) is 14.7 Å². The van der Waals surface area contributed by atoms with Crippen LogP contribution in [-0.2, 0) is 9.59 Å². The largest absolute Gasteiger partial charge is 0.484 e. The molecule has 2 aromatic carbocycles. The van der Waals surface area contributed by atoms with E-state index in [1.807, 2.05) is 36.1 Å². The number of carbonyl (C=O) groups is 3. The lowest BCUT2D eigenvalue weighted by atomic mass is 9.95. The van der Waals surface area contributed by atoms with E-state index in [0.29, 0.717) is 55.6 Å². The lowest BCUT2D eigenvalue weighted by molar-refractivity contribution is -0.143. The van der Waals surface area contributed by atoms with Gasteiger partial charge in [0.05, 0.1) is 5.92 Å². The Morgan fingerprint density at radius 1 is 0.882 bits per heavy atom. The van der Waals surface area contributed by atoms with Gasteiger partial charge in [0.2, 0.25) is 5.91 Å². The Labute approximate surface area is 205 Å². The highest BCUT2D eigenvalue weighted by Crippen LogP contribution is 2.22. The predicted octanol–water partition coefficient (Wildman–Crippen LogP) is 3.25. The summed E-state index contributed by atoms with van der Waals surface area (Å²) in [6, 6.07) is 14.4. The van der Waals surface area contributed by atoms with Crippen LogP contribution in [0.1, 0.15) is 28.8 Å². The van der Waals surface area contributed by atoms with Crippen LogP contribution in [0.3, 0.4) is 0 Å². The molecule has 0 aromatic heterocycles. The molecule has 180 valence electrons. The van der Waals surface area contributed by atoms with E-state index in [1.165, 1.54) is 0 Å². The molecule has 1 atom stereocenters. The summed E-state index contributed by atoms with van der Waals surface area (Å²) in [6.07, 6.45) is 1.60. The monoisotopic (exact) mass is 483 g/mol. The van der Waals surface area contributed by atoms with Crippen molar-refractivity contribution in [3.8, 4) is 5.75 Å². The van der Waals surface area contributed by atoms with Crippen LogP contribution in [0.15, 0.2) is 48.5 Å². The van der Waals surface area contributed by atoms with Crippen LogP contribution in [0.5, 0.6) is 5.75 Å². The highest BCUT2D eigenvalue weighted by Gasteiger charge is 2.33. The lowest BCUT2D eigenvalue weighted by Crippen LogP contribution is -2.54. The number of benzene rings is 2. The number of rotatable bonds is 5. The molecule has 0 bridgehead atoms. The summed E-state index contributed by atoms with van der Waals surface area (Å²) in [5, 5.41) is 0.611. The zero-order valence-electron chi connectivity index (χ0n) is 19.4. The van der Waals surface area contributed by atoms with Crippen LogP contribution >= 0.6 is 11.6 Å². The van der Waals surface area contributed by atoms with Crippen molar-refractivity contribution in [3.63, 3.8) is 0 Å². The Bertz CT molecular complexity index is 1020. The number of ether oxygens (including phenoxy) is 1. The van der Waals surface area contributed by atoms with E-state index in [4.69, 9.17) is 16.3 Å². The smallest absolute Gasteiger partial charge is 0.260 e. The number of halogens is 1. The minimum absolute atomic E-state index is 0.0198. The van der Waals surface area contributed by atoms with E-state index in [2.05, 4.69) is 0 Å². The number of aryl methyl sites for hydroxylation is 1. The van der Waals surface area contributed by atoms with Crippen molar-refractivity contribution in [2.75, 3.05) is 45.9 Å². The second-order valence-electron chi connectivity index (χ2n) is 8.91. The van der Waals surface area contributed by atoms with Crippen LogP contribution in [-0.4, -0.2) is 78.3 Å². The minimum Gasteiger partial charge on any atom is -0.484 e. The molecular formula is C26H30ClN3O4. The average molecular weight is 484 g/mol. The molecule has 2 aliphatic heterocycles. The quantitative estimate of drug-likeness (QED) is 0.654. The Hall–Kier alpha value is -3.06. The molecule has 0 spiro atoms. The first-order chi connectivity index (χ1) is 16.4. The zero-order chi connectivity index (χ0) is 24.1. The first kappa shape index (κ1) is 24.1. The Balaban J connectivity index is 1.25. The molecule has 3 amide bonds. The SMILES string of the molecule is Cc1ccc(C(=O)N2CCCC(C(=O)N3CCN(C(=O)COc4ccc(Cl)cc4)CC3)C2)cc1. The molecule has 0 N–H and O–H groups in total. The second kappa shape index (κ2) is 10.9. The highest BCUT2D eigenvalue weighted by atomic mass is 35.5. The van der Waals surface area contributed by atoms with Crippen molar-refractivity contribution >= 4 is 29.3 Å². The van der Waals surface area contributed by atoms with E-state index in [0.717, 1.165) is 18.4 Å². The summed E-state index contributed by atoms with van der Waals surface area (Å²) in [5.41, 5.74) is 1.77. The van der Waals surface area contributed by atoms with Gasteiger partial charge >= 0.3 is 0 Å². The summed E-state index contributed by atoms with van der Waals surface area (Å²) < 4.78 is 5.55. The van der Waals surface area contributed by atoms with Gasteiger partial charge in [-0.25, -0.2) is 0 Å². The van der Waals surface area contributed by atoms with Crippen molar-refractivity contribution in [2.45, 2.75) is 19.8 Å². The molecule has 2 saturated heterocycles. The van der Waals surface area contributed by atoms with Gasteiger partial charge in [-0.3, -0.25) is 14.4 Å². The highest BCUT2D eigenvalue weighted by molar-refractivity contribution is 6.30. The summed E-state index contributed by atoms with van der Waals surface area (Å²) in [5.74, 6) is 0.348. The van der Waals surface area contributed by atoms with Crippen molar-refractivity contribution in [1.29, 1.82) is 0 Å². The number of likely N-dealkylation sites (tertiary alicyclic amines) is 1. The van der Waals surface area contributed by atoms with Gasteiger partial charge in [0.1, 0.15) is 5.75 Å². The number of carbonyl (C=O) groups excluding carboxylic acids is 3. The molecule has 4 rings (SSSR count). The Morgan fingerprint density at radius 2 is 1.53 bits per heavy atom. The zero-order valence-corrected chi connectivity index (χ0v) is 20.2. The Kier molecular flexibility index (Phi) is 7.73. The average Bonchev–Trinajstić information content (AvgIpc) is 2.88. The molecule has 2 aromatic rings. The number of amides is 3. The molecule has 34 heavy (non-hydrogen) atoms. The molecule has 2 heterocycles. The summed E-state index contributed by atoms with van der Waals surface area (Å²) in [7, 11) is 0. The van der Waals surface area contributed by atoms with Gasteiger partial charge in [0.25, 0.3) is 11.8 Å². The van der Waals surface area contributed by atoms with Crippen molar-refractivity contribution in [3.05, 3.63) is 64.7 Å². The fourth-order valence-electron chi connectivity index (χ4n) is 4.44. The minimum atomic E-state index is -0.196. The van der Waals surface area contributed by atoms with Crippen LogP contribution in [0.4, 0.5) is 0 Å². The number of hydrogen-bond acceptors (Lipinski definition) is 4. The normalized spacial score (nSPS) is 18.5. The van der Waals surface area contributed by atoms with E-state index in [9.17, 15) is 14.4 Å². The van der Waals surface area contributed by atoms with Crippen LogP contribution in [0.25, 0.3) is 0 Å². The molecule has 0 saturated carbocycles. The van der Waals surface area contributed by atoms with Gasteiger partial charge in [0.15, 0.2) is 6.61 Å². The molecule has 7 nitrogen and oxygen atoms in total. The number of piperidine rings is 1. The fraction of sp³-hybridized carbons (Fsp3) is 0.423. The van der Waals surface area contributed by atoms with Gasteiger partial charge in [-0.1, -0.05) is 29.3 Å². The Morgan fingerprint density at radius 3 is 2.21 bits per heavy atom. The van der Waals surface area contributed by atoms with Gasteiger partial charge in [0, 0.05) is 49.9 Å². The predicted molar refractivity (Wildman–Crippen MR) is 130 cm³/mol. The van der Waals surface area contributed by atoms with Gasteiger partial charge in [-0.05, 0) is 56.2 Å². The third kappa shape index (κ3) is 5.89. The molecular weight excluding hydrogens is 454 g/mol. The maximum Gasteiger partial charge on any atom is 0.260 e. The van der Waals surface area contributed by atoms with Gasteiger partial charge in [-0.15, -0.1) is 0 Å². The first-order valence-electron chi connectivity index (χ1n) is 11.7. The topological polar surface area (TPSA) is 70.2 Å². The molecule has 2 fully saturated rings. The molecule has 1 unspecified atom stereocenters. The van der Waals surface area contributed by atoms with E-state index in [1.54, 1.807) is 34.1 Å². The van der Waals surface area contributed by atoms with Crippen molar-refractivity contribution < 1.29 is 19.1 Å². The summed E-state index contributed by atoms with van der Waals surface area (Å²) >= 11 is 5.87. The van der Waals surface area contributed by atoms with Crippen molar-refractivity contribution in [2.24, 2.45) is 5.92 Å². The van der Waals surface area contributed by atoms with E-state index >= 15 is 0 Å². The summed E-state index contributed by atoms with van der Waals surface area (Å²) in [6.45, 7) is 5.01. The standard InChI is InChI=1S/C26H30ClN3O4/c1-19-4-6-20(7-5-19)25(32)30-12-2-3-21(17-30)26(33)29-15-13-28(14-16-29)24(31)18-34-23-10-8-22(27)9-11-23/h4-11,21H,2-3,12-18H2,1H3. The van der Waals surface area contributed by atoms with Crippen LogP contribution in [0, 0.1) is 12.8 Å². The van der Waals surface area contributed by atoms with E-state index < -0.39 is 0 Å². The van der Waals surface area contributed by atoms with E-state index in [-0.39, 0.29) is 30.2 Å². The third-order valence-electron chi connectivity index (χ3n) is 6.48. The summed E-state index contributed by atoms with van der Waals surface area (Å²) in [4.78, 5) is 43.9. The first-order valence-corrected chi connectivity index (χ1v) is 12.1. The fourth-order valence-corrected chi connectivity index (χ4v) is 4.57. The molecule has 0 aliphatic carbocycles.